The number of nitro groups is 1. The van der Waals surface area contributed by atoms with E-state index in [9.17, 15) is 14.9 Å². The van der Waals surface area contributed by atoms with Crippen LogP contribution in [0.25, 0.3) is 0 Å². The normalized spacial score (nSPS) is 25.8. The van der Waals surface area contributed by atoms with E-state index in [1.807, 2.05) is 6.07 Å². The predicted molar refractivity (Wildman–Crippen MR) is 89.3 cm³/mol. The third-order valence-electron chi connectivity index (χ3n) is 3.81. The third-order valence-corrected chi connectivity index (χ3v) is 5.38. The van der Waals surface area contributed by atoms with Gasteiger partial charge in [0.25, 0.3) is 0 Å². The fourth-order valence-corrected chi connectivity index (χ4v) is 4.31. The van der Waals surface area contributed by atoms with Crippen molar-refractivity contribution >= 4 is 34.2 Å². The molecule has 0 N–H and O–H groups in total. The highest BCUT2D eigenvalue weighted by Crippen LogP contribution is 2.41. The number of benzene rings is 1. The second-order valence-electron chi connectivity index (χ2n) is 5.25. The van der Waals surface area contributed by atoms with Crippen molar-refractivity contribution in [3.63, 3.8) is 0 Å². The molecule has 0 aromatic heterocycles. The monoisotopic (exact) mass is 353 g/mol. The maximum Gasteiger partial charge on any atom is 0.356 e. The highest BCUT2D eigenvalue weighted by Gasteiger charge is 2.62. The SMILES string of the molecule is O=C1N(N2CCOCC2)C(=S)SC1(Cc1ccccc1)[N+](=O)[O-]. The Bertz CT molecular complexity index is 636. The number of hydrazine groups is 1. The summed E-state index contributed by atoms with van der Waals surface area (Å²) in [5, 5.41) is 14.8. The molecule has 0 saturated carbocycles. The Balaban J connectivity index is 1.90. The molecule has 2 fully saturated rings. The fraction of sp³-hybridized carbons (Fsp3) is 0.429. The molecule has 7 nitrogen and oxygen atoms in total. The van der Waals surface area contributed by atoms with Gasteiger partial charge in [0, 0.05) is 18.0 Å². The number of hydrogen-bond acceptors (Lipinski definition) is 7. The van der Waals surface area contributed by atoms with Gasteiger partial charge in [-0.05, 0) is 17.3 Å². The van der Waals surface area contributed by atoms with Gasteiger partial charge in [0.1, 0.15) is 0 Å². The molecule has 3 rings (SSSR count). The lowest BCUT2D eigenvalue weighted by Crippen LogP contribution is -2.55. The summed E-state index contributed by atoms with van der Waals surface area (Å²) in [6.45, 7) is 1.93. The minimum atomic E-state index is -1.79. The van der Waals surface area contributed by atoms with E-state index >= 15 is 0 Å². The van der Waals surface area contributed by atoms with Crippen LogP contribution in [0.5, 0.6) is 0 Å². The molecular formula is C14H15N3O4S2. The molecular weight excluding hydrogens is 338 g/mol. The van der Waals surface area contributed by atoms with E-state index in [0.717, 1.165) is 17.3 Å². The maximum atomic E-state index is 12.9. The van der Waals surface area contributed by atoms with Crippen molar-refractivity contribution in [2.75, 3.05) is 26.3 Å². The Kier molecular flexibility index (Phi) is 4.62. The zero-order chi connectivity index (χ0) is 16.4. The van der Waals surface area contributed by atoms with Gasteiger partial charge in [0.2, 0.25) is 0 Å². The minimum Gasteiger partial charge on any atom is -0.379 e. The minimum absolute atomic E-state index is 0.00528. The number of thiocarbonyl (C=S) groups is 1. The van der Waals surface area contributed by atoms with Crippen LogP contribution in [0.2, 0.25) is 0 Å². The molecule has 1 amide bonds. The first-order valence-corrected chi connectivity index (χ1v) is 8.35. The first-order valence-electron chi connectivity index (χ1n) is 7.13. The molecule has 2 aliphatic heterocycles. The molecule has 1 atom stereocenters. The highest BCUT2D eigenvalue weighted by molar-refractivity contribution is 8.24. The summed E-state index contributed by atoms with van der Waals surface area (Å²) in [5.74, 6) is -0.580. The molecule has 122 valence electrons. The number of carbonyl (C=O) groups excluding carboxylic acids is 1. The number of ether oxygens (including phenoxy) is 1. The van der Waals surface area contributed by atoms with Crippen LogP contribution in [-0.4, -0.2) is 56.3 Å². The van der Waals surface area contributed by atoms with Gasteiger partial charge in [0.15, 0.2) is 4.32 Å². The summed E-state index contributed by atoms with van der Waals surface area (Å²) in [5.41, 5.74) is 0.733. The van der Waals surface area contributed by atoms with Crippen molar-refractivity contribution in [1.29, 1.82) is 0 Å². The molecule has 9 heteroatoms. The summed E-state index contributed by atoms with van der Waals surface area (Å²) in [4.78, 5) is 22.3. The van der Waals surface area contributed by atoms with Crippen LogP contribution in [0.15, 0.2) is 30.3 Å². The van der Waals surface area contributed by atoms with Gasteiger partial charge in [-0.1, -0.05) is 42.5 Å². The van der Waals surface area contributed by atoms with Crippen molar-refractivity contribution in [3.8, 4) is 0 Å². The Morgan fingerprint density at radius 2 is 1.96 bits per heavy atom. The van der Waals surface area contributed by atoms with E-state index in [4.69, 9.17) is 17.0 Å². The molecule has 0 spiro atoms. The van der Waals surface area contributed by atoms with Crippen LogP contribution in [-0.2, 0) is 16.0 Å². The smallest absolute Gasteiger partial charge is 0.356 e. The van der Waals surface area contributed by atoms with Gasteiger partial charge in [-0.3, -0.25) is 14.9 Å². The van der Waals surface area contributed by atoms with Crippen LogP contribution in [0, 0.1) is 10.1 Å². The second-order valence-corrected chi connectivity index (χ2v) is 7.17. The van der Waals surface area contributed by atoms with Gasteiger partial charge >= 0.3 is 10.8 Å². The molecule has 0 bridgehead atoms. The van der Waals surface area contributed by atoms with E-state index in [2.05, 4.69) is 0 Å². The Labute approximate surface area is 142 Å². The van der Waals surface area contributed by atoms with Crippen molar-refractivity contribution in [2.24, 2.45) is 0 Å². The van der Waals surface area contributed by atoms with Gasteiger partial charge in [-0.25, -0.2) is 10.0 Å². The van der Waals surface area contributed by atoms with Crippen molar-refractivity contribution in [1.82, 2.24) is 10.0 Å². The molecule has 1 aromatic rings. The van der Waals surface area contributed by atoms with E-state index in [-0.39, 0.29) is 10.7 Å². The van der Waals surface area contributed by atoms with Crippen molar-refractivity contribution in [3.05, 3.63) is 46.0 Å². The average Bonchev–Trinajstić information content (AvgIpc) is 2.81. The van der Waals surface area contributed by atoms with E-state index in [1.54, 1.807) is 29.3 Å². The van der Waals surface area contributed by atoms with Crippen LogP contribution in [0.3, 0.4) is 0 Å². The lowest BCUT2D eigenvalue weighted by atomic mass is 10.1. The summed E-state index contributed by atoms with van der Waals surface area (Å²) < 4.78 is 5.49. The maximum absolute atomic E-state index is 12.9. The fourth-order valence-electron chi connectivity index (χ4n) is 2.64. The molecule has 2 saturated heterocycles. The molecule has 23 heavy (non-hydrogen) atoms. The summed E-state index contributed by atoms with van der Waals surface area (Å²) in [7, 11) is 0. The third kappa shape index (κ3) is 2.97. The molecule has 0 aliphatic carbocycles. The number of nitrogens with zero attached hydrogens (tertiary/aromatic N) is 3. The highest BCUT2D eigenvalue weighted by atomic mass is 32.2. The predicted octanol–water partition coefficient (Wildman–Crippen LogP) is 1.31. The topological polar surface area (TPSA) is 75.9 Å². The molecule has 2 heterocycles. The van der Waals surface area contributed by atoms with E-state index < -0.39 is 15.7 Å². The number of amides is 1. The number of thioether (sulfide) groups is 1. The number of hydrogen-bond donors (Lipinski definition) is 0. The first kappa shape index (κ1) is 16.3. The average molecular weight is 353 g/mol. The zero-order valence-electron chi connectivity index (χ0n) is 12.2. The molecule has 2 aliphatic rings. The largest absolute Gasteiger partial charge is 0.379 e. The van der Waals surface area contributed by atoms with Gasteiger partial charge in [0.05, 0.1) is 19.6 Å². The van der Waals surface area contributed by atoms with Crippen molar-refractivity contribution in [2.45, 2.75) is 11.3 Å². The number of morpholine rings is 1. The van der Waals surface area contributed by atoms with Crippen molar-refractivity contribution < 1.29 is 14.5 Å². The zero-order valence-corrected chi connectivity index (χ0v) is 13.8. The summed E-state index contributed by atoms with van der Waals surface area (Å²) in [6.07, 6.45) is 0.00528. The van der Waals surface area contributed by atoms with E-state index in [1.165, 1.54) is 5.01 Å². The summed E-state index contributed by atoms with van der Waals surface area (Å²) in [6, 6.07) is 8.98. The Morgan fingerprint density at radius 3 is 2.57 bits per heavy atom. The van der Waals surface area contributed by atoms with Crippen LogP contribution in [0.1, 0.15) is 5.56 Å². The molecule has 1 aromatic carbocycles. The van der Waals surface area contributed by atoms with Gasteiger partial charge in [-0.2, -0.15) is 0 Å². The first-order chi connectivity index (χ1) is 11.0. The molecule has 1 unspecified atom stereocenters. The standard InChI is InChI=1S/C14H15N3O4S2/c18-12-14(17(19)20,10-11-4-2-1-3-5-11)23-13(22)16(12)15-6-8-21-9-7-15/h1-5H,6-10H2. The lowest BCUT2D eigenvalue weighted by molar-refractivity contribution is -0.522. The summed E-state index contributed by atoms with van der Waals surface area (Å²) >= 11 is 6.12. The number of carbonyl (C=O) groups is 1. The lowest BCUT2D eigenvalue weighted by Gasteiger charge is -2.33. The van der Waals surface area contributed by atoms with Crippen LogP contribution >= 0.6 is 24.0 Å². The number of rotatable bonds is 4. The second kappa shape index (κ2) is 6.52. The van der Waals surface area contributed by atoms with Gasteiger partial charge < -0.3 is 4.74 Å². The Hall–Kier alpha value is -1.55. The van der Waals surface area contributed by atoms with Crippen LogP contribution in [0.4, 0.5) is 0 Å². The van der Waals surface area contributed by atoms with E-state index in [0.29, 0.717) is 26.3 Å². The van der Waals surface area contributed by atoms with Crippen LogP contribution < -0.4 is 0 Å². The Morgan fingerprint density at radius 1 is 1.30 bits per heavy atom. The molecule has 0 radical (unpaired) electrons. The van der Waals surface area contributed by atoms with Gasteiger partial charge in [-0.15, -0.1) is 0 Å². The quantitative estimate of drug-likeness (QED) is 0.459.